The average molecular weight is 314 g/mol. The Kier molecular flexibility index (Phi) is 5.21. The maximum absolute atomic E-state index is 13.7. The fraction of sp³-hybridized carbons (Fsp3) is 0.474. The molecule has 122 valence electrons. The Bertz CT molecular complexity index is 699. The summed E-state index contributed by atoms with van der Waals surface area (Å²) in [5.74, 6) is -0.218. The van der Waals surface area contributed by atoms with Crippen LogP contribution < -0.4 is 5.32 Å². The van der Waals surface area contributed by atoms with E-state index in [0.717, 1.165) is 61.5 Å². The van der Waals surface area contributed by atoms with Crippen molar-refractivity contribution >= 4 is 22.9 Å². The highest BCUT2D eigenvalue weighted by molar-refractivity contribution is 5.93. The minimum atomic E-state index is -0.218. The average Bonchev–Trinajstić information content (AvgIpc) is 2.57. The summed E-state index contributed by atoms with van der Waals surface area (Å²) in [6.45, 7) is 0.848. The van der Waals surface area contributed by atoms with Crippen molar-refractivity contribution < 1.29 is 9.18 Å². The Balaban J connectivity index is 1.83. The smallest absolute Gasteiger partial charge is 0.124 e. The zero-order valence-corrected chi connectivity index (χ0v) is 13.4. The molecule has 0 saturated carbocycles. The molecule has 1 heterocycles. The summed E-state index contributed by atoms with van der Waals surface area (Å²) in [5.41, 5.74) is 4.37. The summed E-state index contributed by atoms with van der Waals surface area (Å²) in [5, 5.41) is 4.41. The van der Waals surface area contributed by atoms with Gasteiger partial charge < -0.3 is 10.1 Å². The number of aryl methyl sites for hydroxylation is 1. The molecule has 1 aliphatic rings. The summed E-state index contributed by atoms with van der Waals surface area (Å²) in [4.78, 5) is 15.1. The number of halogens is 1. The first kappa shape index (κ1) is 15.9. The van der Waals surface area contributed by atoms with Crippen LogP contribution in [-0.4, -0.2) is 17.8 Å². The Morgan fingerprint density at radius 2 is 2.04 bits per heavy atom. The van der Waals surface area contributed by atoms with Gasteiger partial charge in [-0.25, -0.2) is 4.39 Å². The van der Waals surface area contributed by atoms with E-state index in [1.807, 2.05) is 0 Å². The summed E-state index contributed by atoms with van der Waals surface area (Å²) in [7, 11) is 0. The third kappa shape index (κ3) is 3.69. The van der Waals surface area contributed by atoms with Crippen LogP contribution in [0.2, 0.25) is 0 Å². The summed E-state index contributed by atoms with van der Waals surface area (Å²) < 4.78 is 13.7. The number of nitrogens with zero attached hydrogens (tertiary/aromatic N) is 1. The van der Waals surface area contributed by atoms with Gasteiger partial charge in [-0.15, -0.1) is 0 Å². The van der Waals surface area contributed by atoms with Crippen molar-refractivity contribution in [2.75, 3.05) is 11.9 Å². The van der Waals surface area contributed by atoms with E-state index in [-0.39, 0.29) is 5.82 Å². The van der Waals surface area contributed by atoms with Crippen molar-refractivity contribution in [2.24, 2.45) is 0 Å². The van der Waals surface area contributed by atoms with E-state index in [0.29, 0.717) is 6.42 Å². The fourth-order valence-electron chi connectivity index (χ4n) is 3.34. The topological polar surface area (TPSA) is 42.0 Å². The number of hydrogen-bond donors (Lipinski definition) is 1. The number of carbonyl (C=O) groups excluding carboxylic acids is 1. The summed E-state index contributed by atoms with van der Waals surface area (Å²) >= 11 is 0. The lowest BCUT2D eigenvalue weighted by molar-refractivity contribution is -0.107. The van der Waals surface area contributed by atoms with Crippen LogP contribution in [0.25, 0.3) is 10.9 Å². The van der Waals surface area contributed by atoms with Gasteiger partial charge in [-0.1, -0.05) is 6.42 Å². The second kappa shape index (κ2) is 7.53. The van der Waals surface area contributed by atoms with E-state index in [2.05, 4.69) is 5.32 Å². The van der Waals surface area contributed by atoms with E-state index < -0.39 is 0 Å². The van der Waals surface area contributed by atoms with E-state index in [1.165, 1.54) is 30.2 Å². The van der Waals surface area contributed by atoms with Crippen LogP contribution >= 0.6 is 0 Å². The molecule has 2 aromatic rings. The molecule has 0 saturated heterocycles. The number of pyridine rings is 1. The minimum Gasteiger partial charge on any atom is -0.384 e. The molecule has 3 nitrogen and oxygen atoms in total. The number of aldehydes is 1. The van der Waals surface area contributed by atoms with E-state index in [4.69, 9.17) is 4.98 Å². The van der Waals surface area contributed by atoms with Crippen LogP contribution in [0.4, 0.5) is 10.1 Å². The number of benzene rings is 1. The molecule has 0 radical (unpaired) electrons. The van der Waals surface area contributed by atoms with Gasteiger partial charge in [0.15, 0.2) is 0 Å². The molecule has 1 N–H and O–H groups in total. The maximum atomic E-state index is 13.7. The molecule has 1 aromatic carbocycles. The standard InChI is InChI=1S/C19H23FN2O/c20-14-9-10-18-16(13-14)19(21-11-5-1-2-6-12-23)15-7-3-4-8-17(15)22-18/h9-10,12-13H,1-8,11H2,(H,21,22). The first-order valence-electron chi connectivity index (χ1n) is 8.58. The summed E-state index contributed by atoms with van der Waals surface area (Å²) in [6.07, 6.45) is 8.98. The number of unbranched alkanes of at least 4 members (excludes halogenated alkanes) is 3. The van der Waals surface area contributed by atoms with Crippen molar-refractivity contribution in [2.45, 2.75) is 51.4 Å². The van der Waals surface area contributed by atoms with Crippen molar-refractivity contribution in [1.29, 1.82) is 0 Å². The molecule has 0 aliphatic heterocycles. The van der Waals surface area contributed by atoms with Crippen LogP contribution in [0, 0.1) is 5.82 Å². The third-order valence-electron chi connectivity index (χ3n) is 4.52. The highest BCUT2D eigenvalue weighted by Crippen LogP contribution is 2.33. The molecule has 1 aliphatic carbocycles. The molecule has 1 aromatic heterocycles. The molecule has 0 unspecified atom stereocenters. The number of rotatable bonds is 7. The van der Waals surface area contributed by atoms with Crippen molar-refractivity contribution in [3.8, 4) is 0 Å². The Morgan fingerprint density at radius 1 is 1.17 bits per heavy atom. The van der Waals surface area contributed by atoms with Gasteiger partial charge in [0.25, 0.3) is 0 Å². The molecule has 0 amide bonds. The van der Waals surface area contributed by atoms with E-state index >= 15 is 0 Å². The normalized spacial score (nSPS) is 13.8. The van der Waals surface area contributed by atoms with Gasteiger partial charge in [-0.3, -0.25) is 4.98 Å². The van der Waals surface area contributed by atoms with Crippen LogP contribution in [0.1, 0.15) is 49.8 Å². The maximum Gasteiger partial charge on any atom is 0.124 e. The Morgan fingerprint density at radius 3 is 2.91 bits per heavy atom. The van der Waals surface area contributed by atoms with Gasteiger partial charge in [0.2, 0.25) is 0 Å². The predicted octanol–water partition coefficient (Wildman–Crippen LogP) is 4.42. The van der Waals surface area contributed by atoms with Gasteiger partial charge in [0.1, 0.15) is 12.1 Å². The zero-order chi connectivity index (χ0) is 16.1. The van der Waals surface area contributed by atoms with Crippen molar-refractivity contribution in [3.63, 3.8) is 0 Å². The fourth-order valence-corrected chi connectivity index (χ4v) is 3.34. The Labute approximate surface area is 136 Å². The number of fused-ring (bicyclic) bond motifs is 2. The van der Waals surface area contributed by atoms with Gasteiger partial charge in [0, 0.05) is 29.7 Å². The SMILES string of the molecule is O=CCCCCCNc1c2c(nc3ccc(F)cc13)CCCC2. The zero-order valence-electron chi connectivity index (χ0n) is 13.4. The van der Waals surface area contributed by atoms with Crippen LogP contribution in [-0.2, 0) is 17.6 Å². The lowest BCUT2D eigenvalue weighted by Crippen LogP contribution is -2.12. The monoisotopic (exact) mass is 314 g/mol. The molecule has 0 fully saturated rings. The Hall–Kier alpha value is -1.97. The first-order chi connectivity index (χ1) is 11.3. The lowest BCUT2D eigenvalue weighted by atomic mass is 9.92. The van der Waals surface area contributed by atoms with Crippen molar-refractivity contribution in [3.05, 3.63) is 35.3 Å². The highest BCUT2D eigenvalue weighted by Gasteiger charge is 2.18. The van der Waals surface area contributed by atoms with E-state index in [9.17, 15) is 9.18 Å². The quantitative estimate of drug-likeness (QED) is 0.607. The molecule has 0 bridgehead atoms. The van der Waals surface area contributed by atoms with E-state index in [1.54, 1.807) is 12.1 Å². The number of nitrogens with one attached hydrogen (secondary N) is 1. The molecule has 23 heavy (non-hydrogen) atoms. The second-order valence-corrected chi connectivity index (χ2v) is 6.22. The van der Waals surface area contributed by atoms with Gasteiger partial charge in [0.05, 0.1) is 5.52 Å². The first-order valence-corrected chi connectivity index (χ1v) is 8.58. The van der Waals surface area contributed by atoms with Crippen LogP contribution in [0.3, 0.4) is 0 Å². The van der Waals surface area contributed by atoms with Crippen LogP contribution in [0.5, 0.6) is 0 Å². The number of hydrogen-bond acceptors (Lipinski definition) is 3. The molecule has 0 atom stereocenters. The number of aromatic nitrogens is 1. The van der Waals surface area contributed by atoms with Crippen molar-refractivity contribution in [1.82, 2.24) is 4.98 Å². The lowest BCUT2D eigenvalue weighted by Gasteiger charge is -2.21. The third-order valence-corrected chi connectivity index (χ3v) is 4.52. The molecule has 3 rings (SSSR count). The second-order valence-electron chi connectivity index (χ2n) is 6.22. The van der Waals surface area contributed by atoms with Gasteiger partial charge in [-0.2, -0.15) is 0 Å². The van der Waals surface area contributed by atoms with Gasteiger partial charge in [-0.05, 0) is 62.3 Å². The number of carbonyl (C=O) groups is 1. The summed E-state index contributed by atoms with van der Waals surface area (Å²) in [6, 6.07) is 4.84. The number of anilines is 1. The predicted molar refractivity (Wildman–Crippen MR) is 91.4 cm³/mol. The van der Waals surface area contributed by atoms with Crippen LogP contribution in [0.15, 0.2) is 18.2 Å². The molecular formula is C19H23FN2O. The molecular weight excluding hydrogens is 291 g/mol. The highest BCUT2D eigenvalue weighted by atomic mass is 19.1. The van der Waals surface area contributed by atoms with Gasteiger partial charge >= 0.3 is 0 Å². The molecule has 4 heteroatoms. The minimum absolute atomic E-state index is 0.218. The molecule has 0 spiro atoms. The largest absolute Gasteiger partial charge is 0.384 e.